The van der Waals surface area contributed by atoms with Crippen LogP contribution in [0.15, 0.2) is 54.6 Å². The maximum Gasteiger partial charge on any atom is 0.331 e. The van der Waals surface area contributed by atoms with Crippen LogP contribution in [0, 0.1) is 5.82 Å². The summed E-state index contributed by atoms with van der Waals surface area (Å²) in [6.45, 7) is 1.71. The molecule has 0 heterocycles. The van der Waals surface area contributed by atoms with Gasteiger partial charge < -0.3 is 14.8 Å². The van der Waals surface area contributed by atoms with E-state index in [0.29, 0.717) is 5.75 Å². The molecule has 0 aromatic heterocycles. The quantitative estimate of drug-likeness (QED) is 0.611. The van der Waals surface area contributed by atoms with E-state index in [-0.39, 0.29) is 12.1 Å². The molecule has 0 spiro atoms. The van der Waals surface area contributed by atoms with Crippen molar-refractivity contribution < 1.29 is 23.5 Å². The van der Waals surface area contributed by atoms with Gasteiger partial charge in [-0.3, -0.25) is 4.79 Å². The van der Waals surface area contributed by atoms with E-state index in [1.54, 1.807) is 25.3 Å². The van der Waals surface area contributed by atoms with Gasteiger partial charge in [0.2, 0.25) is 0 Å². The Bertz CT molecular complexity index is 804. The van der Waals surface area contributed by atoms with Gasteiger partial charge in [0, 0.05) is 23.7 Å². The molecular formula is C20H20FNO4. The number of ether oxygens (including phenoxy) is 2. The van der Waals surface area contributed by atoms with Gasteiger partial charge in [0.05, 0.1) is 7.11 Å². The molecule has 0 aliphatic heterocycles. The first-order chi connectivity index (χ1) is 12.5. The van der Waals surface area contributed by atoms with Crippen molar-refractivity contribution >= 4 is 18.0 Å². The van der Waals surface area contributed by atoms with Crippen molar-refractivity contribution in [2.45, 2.75) is 19.6 Å². The average Bonchev–Trinajstić information content (AvgIpc) is 2.65. The van der Waals surface area contributed by atoms with E-state index in [4.69, 9.17) is 9.47 Å². The van der Waals surface area contributed by atoms with Crippen molar-refractivity contribution in [3.05, 3.63) is 71.6 Å². The number of rotatable bonds is 7. The summed E-state index contributed by atoms with van der Waals surface area (Å²) in [5.74, 6) is -0.957. The summed E-state index contributed by atoms with van der Waals surface area (Å²) in [4.78, 5) is 23.9. The van der Waals surface area contributed by atoms with Crippen LogP contribution >= 0.6 is 0 Å². The molecule has 0 fully saturated rings. The van der Waals surface area contributed by atoms with E-state index in [1.807, 2.05) is 18.2 Å². The number of benzene rings is 2. The molecule has 0 aliphatic carbocycles. The van der Waals surface area contributed by atoms with Crippen molar-refractivity contribution in [2.75, 3.05) is 7.11 Å². The summed E-state index contributed by atoms with van der Waals surface area (Å²) in [5.41, 5.74) is 1.07. The summed E-state index contributed by atoms with van der Waals surface area (Å²) in [6, 6.07) is 13.3. The van der Waals surface area contributed by atoms with Gasteiger partial charge >= 0.3 is 5.97 Å². The Hall–Kier alpha value is -3.15. The predicted octanol–water partition coefficient (Wildman–Crippen LogP) is 3.10. The van der Waals surface area contributed by atoms with Crippen LogP contribution in [0.2, 0.25) is 0 Å². The normalized spacial score (nSPS) is 11.8. The second-order valence-corrected chi connectivity index (χ2v) is 5.46. The summed E-state index contributed by atoms with van der Waals surface area (Å²) < 4.78 is 23.7. The number of esters is 1. The van der Waals surface area contributed by atoms with E-state index >= 15 is 0 Å². The molecule has 2 rings (SSSR count). The highest BCUT2D eigenvalue weighted by atomic mass is 19.1. The highest BCUT2D eigenvalue weighted by Crippen LogP contribution is 2.16. The largest absolute Gasteiger partial charge is 0.496 e. The summed E-state index contributed by atoms with van der Waals surface area (Å²) in [5, 5.41) is 2.68. The van der Waals surface area contributed by atoms with Gasteiger partial charge in [0.1, 0.15) is 11.6 Å². The molecule has 0 aliphatic rings. The number of carbonyl (C=O) groups excluding carboxylic acids is 2. The van der Waals surface area contributed by atoms with Gasteiger partial charge in [-0.2, -0.15) is 0 Å². The molecule has 1 N–H and O–H groups in total. The lowest BCUT2D eigenvalue weighted by molar-refractivity contribution is -0.150. The smallest absolute Gasteiger partial charge is 0.331 e. The lowest BCUT2D eigenvalue weighted by Gasteiger charge is -2.13. The van der Waals surface area contributed by atoms with Crippen LogP contribution in [0.3, 0.4) is 0 Å². The topological polar surface area (TPSA) is 64.6 Å². The van der Waals surface area contributed by atoms with Gasteiger partial charge in [-0.15, -0.1) is 0 Å². The minimum Gasteiger partial charge on any atom is -0.496 e. The minimum absolute atomic E-state index is 0.246. The number of nitrogens with one attached hydrogen (secondary N) is 1. The fourth-order valence-corrected chi connectivity index (χ4v) is 2.21. The zero-order valence-electron chi connectivity index (χ0n) is 14.6. The van der Waals surface area contributed by atoms with E-state index in [1.165, 1.54) is 25.1 Å². The fraction of sp³-hybridized carbons (Fsp3) is 0.200. The summed E-state index contributed by atoms with van der Waals surface area (Å²) >= 11 is 0. The Morgan fingerprint density at radius 2 is 1.85 bits per heavy atom. The number of hydrogen-bond donors (Lipinski definition) is 1. The Morgan fingerprint density at radius 1 is 1.15 bits per heavy atom. The molecule has 0 bridgehead atoms. The van der Waals surface area contributed by atoms with Gasteiger partial charge in [-0.1, -0.05) is 36.4 Å². The highest BCUT2D eigenvalue weighted by Gasteiger charge is 2.16. The monoisotopic (exact) mass is 357 g/mol. The zero-order valence-corrected chi connectivity index (χ0v) is 14.6. The van der Waals surface area contributed by atoms with Crippen molar-refractivity contribution in [1.82, 2.24) is 5.32 Å². The van der Waals surface area contributed by atoms with Crippen molar-refractivity contribution in [2.24, 2.45) is 0 Å². The number of amides is 1. The van der Waals surface area contributed by atoms with Crippen molar-refractivity contribution in [3.63, 3.8) is 0 Å². The third kappa shape index (κ3) is 5.44. The van der Waals surface area contributed by atoms with Crippen LogP contribution in [-0.2, 0) is 20.9 Å². The molecule has 0 saturated carbocycles. The molecule has 0 unspecified atom stereocenters. The van der Waals surface area contributed by atoms with Crippen LogP contribution in [0.25, 0.3) is 6.08 Å². The molecule has 1 atom stereocenters. The number of carbonyl (C=O) groups is 2. The molecule has 2 aromatic rings. The number of halogens is 1. The van der Waals surface area contributed by atoms with Crippen molar-refractivity contribution in [3.8, 4) is 5.75 Å². The van der Waals surface area contributed by atoms with Gasteiger partial charge in [0.15, 0.2) is 6.10 Å². The first-order valence-corrected chi connectivity index (χ1v) is 8.04. The first kappa shape index (κ1) is 19.2. The molecule has 2 aromatic carbocycles. The molecule has 0 radical (unpaired) electrons. The molecule has 26 heavy (non-hydrogen) atoms. The van der Waals surface area contributed by atoms with Gasteiger partial charge in [-0.25, -0.2) is 9.18 Å². The molecule has 5 nitrogen and oxygen atoms in total. The van der Waals surface area contributed by atoms with Crippen LogP contribution in [-0.4, -0.2) is 25.1 Å². The predicted molar refractivity (Wildman–Crippen MR) is 95.8 cm³/mol. The summed E-state index contributed by atoms with van der Waals surface area (Å²) in [7, 11) is 1.55. The van der Waals surface area contributed by atoms with Crippen LogP contribution in [0.5, 0.6) is 5.75 Å². The Balaban J connectivity index is 1.86. The van der Waals surface area contributed by atoms with E-state index in [9.17, 15) is 14.0 Å². The highest BCUT2D eigenvalue weighted by molar-refractivity contribution is 5.90. The van der Waals surface area contributed by atoms with Crippen LogP contribution in [0.1, 0.15) is 18.1 Å². The number of para-hydroxylation sites is 1. The van der Waals surface area contributed by atoms with Gasteiger partial charge in [-0.05, 0) is 25.1 Å². The van der Waals surface area contributed by atoms with Crippen LogP contribution in [0.4, 0.5) is 4.39 Å². The SMILES string of the molecule is COc1ccccc1CNC(=O)[C@H](C)OC(=O)/C=C/c1ccccc1F. The summed E-state index contributed by atoms with van der Waals surface area (Å²) in [6.07, 6.45) is 1.40. The van der Waals surface area contributed by atoms with Crippen LogP contribution < -0.4 is 10.1 Å². The van der Waals surface area contributed by atoms with E-state index < -0.39 is 23.8 Å². The fourth-order valence-electron chi connectivity index (χ4n) is 2.21. The molecule has 136 valence electrons. The van der Waals surface area contributed by atoms with Gasteiger partial charge in [0.25, 0.3) is 5.91 Å². The molecular weight excluding hydrogens is 337 g/mol. The minimum atomic E-state index is -0.984. The van der Waals surface area contributed by atoms with Crippen molar-refractivity contribution in [1.29, 1.82) is 0 Å². The maximum absolute atomic E-state index is 13.5. The molecule has 1 amide bonds. The maximum atomic E-state index is 13.5. The Labute approximate surface area is 151 Å². The lowest BCUT2D eigenvalue weighted by Crippen LogP contribution is -2.35. The average molecular weight is 357 g/mol. The zero-order chi connectivity index (χ0) is 18.9. The Kier molecular flexibility index (Phi) is 6.91. The number of methoxy groups -OCH3 is 1. The molecule has 6 heteroatoms. The third-order valence-corrected chi connectivity index (χ3v) is 3.61. The van der Waals surface area contributed by atoms with E-state index in [0.717, 1.165) is 11.6 Å². The van der Waals surface area contributed by atoms with E-state index in [2.05, 4.69) is 5.32 Å². The second kappa shape index (κ2) is 9.36. The first-order valence-electron chi connectivity index (χ1n) is 8.04. The second-order valence-electron chi connectivity index (χ2n) is 5.46. The third-order valence-electron chi connectivity index (χ3n) is 3.61. The molecule has 0 saturated heterocycles. The lowest BCUT2D eigenvalue weighted by atomic mass is 10.2. The standard InChI is InChI=1S/C20H20FNO4/c1-14(20(24)22-13-16-8-4-6-10-18(16)25-2)26-19(23)12-11-15-7-3-5-9-17(15)21/h3-12,14H,13H2,1-2H3,(H,22,24)/b12-11+/t14-/m0/s1. The number of hydrogen-bond acceptors (Lipinski definition) is 4. The Morgan fingerprint density at radius 3 is 2.58 bits per heavy atom.